The molecule has 176 valence electrons. The zero-order chi connectivity index (χ0) is 23.0. The summed E-state index contributed by atoms with van der Waals surface area (Å²) in [5.74, 6) is 1.11. The van der Waals surface area contributed by atoms with Crippen LogP contribution in [0.5, 0.6) is 0 Å². The van der Waals surface area contributed by atoms with Crippen molar-refractivity contribution >= 4 is 11.9 Å². The number of amides is 1. The maximum absolute atomic E-state index is 12.0. The minimum Gasteiger partial charge on any atom is -0.450 e. The molecule has 3 fully saturated rings. The molecule has 33 heavy (non-hydrogen) atoms. The summed E-state index contributed by atoms with van der Waals surface area (Å²) < 4.78 is 5.17. The zero-order valence-electron chi connectivity index (χ0n) is 20.2. The van der Waals surface area contributed by atoms with Gasteiger partial charge in [0.2, 0.25) is 0 Å². The number of hydrogen-bond acceptors (Lipinski definition) is 5. The van der Waals surface area contributed by atoms with Crippen molar-refractivity contribution in [2.75, 3.05) is 50.8 Å². The second-order valence-electron chi connectivity index (χ2n) is 10.1. The zero-order valence-corrected chi connectivity index (χ0v) is 20.2. The summed E-state index contributed by atoms with van der Waals surface area (Å²) in [6.07, 6.45) is 5.46. The minimum absolute atomic E-state index is 0.143. The van der Waals surface area contributed by atoms with Crippen molar-refractivity contribution in [1.29, 1.82) is 0 Å². The van der Waals surface area contributed by atoms with E-state index < -0.39 is 0 Å². The third-order valence-corrected chi connectivity index (χ3v) is 7.92. The lowest BCUT2D eigenvalue weighted by atomic mass is 9.78. The number of likely N-dealkylation sites (tertiary alicyclic amines) is 1. The molecule has 2 saturated heterocycles. The molecule has 1 unspecified atom stereocenters. The number of rotatable bonds is 4. The van der Waals surface area contributed by atoms with E-state index in [1.807, 2.05) is 18.0 Å². The minimum atomic E-state index is -0.143. The lowest BCUT2D eigenvalue weighted by Crippen LogP contribution is -2.58. The maximum atomic E-state index is 12.0. The predicted octanol–water partition coefficient (Wildman–Crippen LogP) is 4.50. The van der Waals surface area contributed by atoms with E-state index in [9.17, 15) is 4.79 Å². The smallest absolute Gasteiger partial charge is 0.409 e. The van der Waals surface area contributed by atoms with Crippen molar-refractivity contribution < 1.29 is 9.53 Å². The summed E-state index contributed by atoms with van der Waals surface area (Å²) in [5.41, 5.74) is 5.49. The topological polar surface area (TPSA) is 48.9 Å². The summed E-state index contributed by atoms with van der Waals surface area (Å²) in [7, 11) is 0. The van der Waals surface area contributed by atoms with Gasteiger partial charge in [0.15, 0.2) is 0 Å². The molecule has 1 atom stereocenters. The number of nitrogens with zero attached hydrogens (tertiary/aromatic N) is 4. The van der Waals surface area contributed by atoms with E-state index in [2.05, 4.69) is 54.0 Å². The van der Waals surface area contributed by atoms with Gasteiger partial charge in [-0.15, -0.1) is 0 Å². The molecule has 1 saturated carbocycles. The number of hydrogen-bond donors (Lipinski definition) is 0. The highest BCUT2D eigenvalue weighted by Gasteiger charge is 2.51. The second-order valence-corrected chi connectivity index (χ2v) is 10.1. The molecule has 1 aromatic heterocycles. The van der Waals surface area contributed by atoms with Crippen LogP contribution >= 0.6 is 0 Å². The number of ether oxygens (including phenoxy) is 1. The fourth-order valence-corrected chi connectivity index (χ4v) is 6.27. The molecule has 3 aliphatic rings. The highest BCUT2D eigenvalue weighted by Crippen LogP contribution is 2.47. The monoisotopic (exact) mass is 448 g/mol. The molecule has 1 amide bonds. The van der Waals surface area contributed by atoms with Gasteiger partial charge in [-0.3, -0.25) is 4.90 Å². The first-order valence-corrected chi connectivity index (χ1v) is 12.4. The number of carbonyl (C=O) groups excluding carboxylic acids is 1. The fourth-order valence-electron chi connectivity index (χ4n) is 6.27. The van der Waals surface area contributed by atoms with Crippen LogP contribution in [0.15, 0.2) is 36.5 Å². The molecular weight excluding hydrogens is 412 g/mol. The van der Waals surface area contributed by atoms with Crippen LogP contribution in [0, 0.1) is 19.3 Å². The van der Waals surface area contributed by atoms with Gasteiger partial charge in [-0.2, -0.15) is 0 Å². The van der Waals surface area contributed by atoms with E-state index in [0.29, 0.717) is 18.1 Å². The van der Waals surface area contributed by atoms with Crippen LogP contribution in [0.3, 0.4) is 0 Å². The van der Waals surface area contributed by atoms with E-state index in [1.54, 1.807) is 0 Å². The summed E-state index contributed by atoms with van der Waals surface area (Å²) in [5, 5.41) is 0. The number of aromatic nitrogens is 1. The van der Waals surface area contributed by atoms with Crippen LogP contribution in [-0.2, 0) is 4.74 Å². The summed E-state index contributed by atoms with van der Waals surface area (Å²) >= 11 is 0. The molecule has 1 aliphatic carbocycles. The molecule has 2 aromatic rings. The Labute approximate surface area is 197 Å². The number of piperazine rings is 1. The number of pyridine rings is 1. The van der Waals surface area contributed by atoms with Gasteiger partial charge in [0.05, 0.1) is 6.61 Å². The van der Waals surface area contributed by atoms with Gasteiger partial charge in [0.25, 0.3) is 0 Å². The van der Waals surface area contributed by atoms with Gasteiger partial charge in [-0.25, -0.2) is 9.78 Å². The molecule has 3 heterocycles. The molecule has 6 heteroatoms. The number of carbonyl (C=O) groups is 1. The van der Waals surface area contributed by atoms with Crippen LogP contribution in [0.4, 0.5) is 10.6 Å². The summed E-state index contributed by atoms with van der Waals surface area (Å²) in [6, 6.07) is 11.4. The van der Waals surface area contributed by atoms with E-state index in [1.165, 1.54) is 41.5 Å². The maximum Gasteiger partial charge on any atom is 0.409 e. The first-order valence-electron chi connectivity index (χ1n) is 12.4. The Morgan fingerprint density at radius 3 is 2.52 bits per heavy atom. The van der Waals surface area contributed by atoms with E-state index >= 15 is 0 Å². The molecule has 6 nitrogen and oxygen atoms in total. The van der Waals surface area contributed by atoms with Gasteiger partial charge in [0, 0.05) is 62.5 Å². The second kappa shape index (κ2) is 8.98. The number of anilines is 1. The first-order chi connectivity index (χ1) is 16.0. The predicted molar refractivity (Wildman–Crippen MR) is 132 cm³/mol. The molecule has 1 spiro atoms. The largest absolute Gasteiger partial charge is 0.450 e. The van der Waals surface area contributed by atoms with Gasteiger partial charge < -0.3 is 14.5 Å². The molecule has 2 aliphatic heterocycles. The van der Waals surface area contributed by atoms with Crippen LogP contribution in [-0.4, -0.2) is 72.8 Å². The Balaban J connectivity index is 1.22. The quantitative estimate of drug-likeness (QED) is 0.689. The van der Waals surface area contributed by atoms with Crippen molar-refractivity contribution in [3.63, 3.8) is 0 Å². The van der Waals surface area contributed by atoms with Crippen LogP contribution in [0.25, 0.3) is 11.1 Å². The average Bonchev–Trinajstić information content (AvgIpc) is 3.25. The normalized spacial score (nSPS) is 22.5. The Bertz CT molecular complexity index is 989. The van der Waals surface area contributed by atoms with E-state index in [4.69, 9.17) is 9.72 Å². The molecule has 5 rings (SSSR count). The number of benzene rings is 1. The van der Waals surface area contributed by atoms with Crippen molar-refractivity contribution in [1.82, 2.24) is 14.8 Å². The van der Waals surface area contributed by atoms with Gasteiger partial charge in [-0.05, 0) is 68.9 Å². The van der Waals surface area contributed by atoms with E-state index in [-0.39, 0.29) is 6.09 Å². The Morgan fingerprint density at radius 1 is 1.09 bits per heavy atom. The van der Waals surface area contributed by atoms with Crippen molar-refractivity contribution in [3.05, 3.63) is 47.7 Å². The van der Waals surface area contributed by atoms with Crippen molar-refractivity contribution in [3.8, 4) is 11.1 Å². The third-order valence-electron chi connectivity index (χ3n) is 7.92. The molecular formula is C27H36N4O2. The van der Waals surface area contributed by atoms with Crippen LogP contribution < -0.4 is 4.90 Å². The highest BCUT2D eigenvalue weighted by atomic mass is 16.6. The highest BCUT2D eigenvalue weighted by molar-refractivity contribution is 5.80. The van der Waals surface area contributed by atoms with Crippen molar-refractivity contribution in [2.24, 2.45) is 5.41 Å². The van der Waals surface area contributed by atoms with Crippen LogP contribution in [0.1, 0.15) is 37.3 Å². The lowest BCUT2D eigenvalue weighted by Gasteiger charge is -2.48. The Morgan fingerprint density at radius 2 is 1.82 bits per heavy atom. The standard InChI is InChI=1S/C27H36N4O2/c1-4-33-26(32)31-18-27(19-31)11-10-22(17-27)29-13-15-30(16-14-29)25-23(9-6-12-28-25)24-20(2)7-5-8-21(24)3/h5-9,12,22H,4,10-11,13-19H2,1-3H3. The summed E-state index contributed by atoms with van der Waals surface area (Å²) in [4.78, 5) is 23.8. The molecule has 0 bridgehead atoms. The van der Waals surface area contributed by atoms with Gasteiger partial charge >= 0.3 is 6.09 Å². The lowest BCUT2D eigenvalue weighted by molar-refractivity contribution is -0.00294. The van der Waals surface area contributed by atoms with Gasteiger partial charge in [-0.1, -0.05) is 18.2 Å². The SMILES string of the molecule is CCOC(=O)N1CC2(CCC(N3CCN(c4ncccc4-c4c(C)cccc4C)CC3)C2)C1. The van der Waals surface area contributed by atoms with Gasteiger partial charge in [0.1, 0.15) is 5.82 Å². The van der Waals surface area contributed by atoms with Crippen molar-refractivity contribution in [2.45, 2.75) is 46.1 Å². The molecule has 0 radical (unpaired) electrons. The van der Waals surface area contributed by atoms with E-state index in [0.717, 1.165) is 45.1 Å². The Hall–Kier alpha value is -2.60. The fraction of sp³-hybridized carbons (Fsp3) is 0.556. The molecule has 1 aromatic carbocycles. The average molecular weight is 449 g/mol. The molecule has 0 N–H and O–H groups in total. The Kier molecular flexibility index (Phi) is 6.04. The number of aryl methyl sites for hydroxylation is 2. The third kappa shape index (κ3) is 4.21. The first kappa shape index (κ1) is 22.2. The summed E-state index contributed by atoms with van der Waals surface area (Å²) in [6.45, 7) is 12.6. The van der Waals surface area contributed by atoms with Crippen LogP contribution in [0.2, 0.25) is 0 Å².